The molecule has 3 N–H and O–H groups in total. The van der Waals surface area contributed by atoms with Gasteiger partial charge < -0.3 is 25.2 Å². The molecule has 0 saturated carbocycles. The van der Waals surface area contributed by atoms with E-state index >= 15 is 0 Å². The van der Waals surface area contributed by atoms with Crippen molar-refractivity contribution in [2.45, 2.75) is 72.3 Å². The minimum Gasteiger partial charge on any atom is -0.478 e. The van der Waals surface area contributed by atoms with Crippen LogP contribution in [0, 0.1) is 5.92 Å². The van der Waals surface area contributed by atoms with E-state index in [1.807, 2.05) is 13.8 Å². The molecule has 8 nitrogen and oxygen atoms in total. The first-order chi connectivity index (χ1) is 11.7. The standard InChI is InChI=1S/C18H32N2O6/c1-10(2)13(9-11(3)16(23)24)20(8)15(22)14(12(4)21)19-17(25)26-18(5,6)7/h9-10,12-14,21H,1-8H3,(H,19,25)(H,23,24)/b11-9+/t12-,13+,14-/m0/s1. The first-order valence-corrected chi connectivity index (χ1v) is 8.53. The van der Waals surface area contributed by atoms with Gasteiger partial charge in [-0.2, -0.15) is 0 Å². The number of hydrogen-bond donors (Lipinski definition) is 3. The van der Waals surface area contributed by atoms with Crippen LogP contribution in [-0.2, 0) is 14.3 Å². The van der Waals surface area contributed by atoms with Crippen molar-refractivity contribution in [2.24, 2.45) is 5.92 Å². The Morgan fingerprint density at radius 2 is 1.65 bits per heavy atom. The lowest BCUT2D eigenvalue weighted by Gasteiger charge is -2.33. The molecule has 0 bridgehead atoms. The molecule has 0 aromatic carbocycles. The van der Waals surface area contributed by atoms with Gasteiger partial charge in [0.1, 0.15) is 11.6 Å². The number of aliphatic hydroxyl groups excluding tert-OH is 1. The molecular weight excluding hydrogens is 340 g/mol. The number of rotatable bonds is 7. The summed E-state index contributed by atoms with van der Waals surface area (Å²) in [5.74, 6) is -1.69. The van der Waals surface area contributed by atoms with Crippen molar-refractivity contribution < 1.29 is 29.3 Å². The van der Waals surface area contributed by atoms with E-state index in [1.165, 1.54) is 31.9 Å². The molecule has 0 aliphatic carbocycles. The second-order valence-corrected chi connectivity index (χ2v) is 7.70. The van der Waals surface area contributed by atoms with Crippen LogP contribution in [0.3, 0.4) is 0 Å². The van der Waals surface area contributed by atoms with Crippen molar-refractivity contribution in [1.82, 2.24) is 10.2 Å². The van der Waals surface area contributed by atoms with Gasteiger partial charge in [-0.25, -0.2) is 9.59 Å². The van der Waals surface area contributed by atoms with E-state index in [-0.39, 0.29) is 11.5 Å². The van der Waals surface area contributed by atoms with Gasteiger partial charge in [-0.05, 0) is 40.5 Å². The second-order valence-electron chi connectivity index (χ2n) is 7.70. The zero-order valence-corrected chi connectivity index (χ0v) is 16.9. The minimum atomic E-state index is -1.21. The lowest BCUT2D eigenvalue weighted by atomic mass is 9.99. The highest BCUT2D eigenvalue weighted by Crippen LogP contribution is 2.16. The van der Waals surface area contributed by atoms with Gasteiger partial charge in [-0.1, -0.05) is 19.9 Å². The molecule has 0 rings (SSSR count). The molecule has 0 aromatic rings. The molecule has 0 aromatic heterocycles. The summed E-state index contributed by atoms with van der Waals surface area (Å²) >= 11 is 0. The lowest BCUT2D eigenvalue weighted by molar-refractivity contribution is -0.137. The van der Waals surface area contributed by atoms with E-state index in [2.05, 4.69) is 5.32 Å². The molecule has 0 spiro atoms. The number of carboxylic acid groups (broad SMARTS) is 1. The summed E-state index contributed by atoms with van der Waals surface area (Å²) in [5, 5.41) is 21.4. The maximum Gasteiger partial charge on any atom is 0.408 e. The van der Waals surface area contributed by atoms with Crippen LogP contribution in [0.15, 0.2) is 11.6 Å². The third-order valence-corrected chi connectivity index (χ3v) is 3.66. The quantitative estimate of drug-likeness (QED) is 0.587. The van der Waals surface area contributed by atoms with E-state index in [0.717, 1.165) is 0 Å². The van der Waals surface area contributed by atoms with Crippen molar-refractivity contribution >= 4 is 18.0 Å². The number of nitrogens with zero attached hydrogens (tertiary/aromatic N) is 1. The zero-order valence-electron chi connectivity index (χ0n) is 16.9. The predicted molar refractivity (Wildman–Crippen MR) is 97.6 cm³/mol. The number of aliphatic carboxylic acids is 1. The first-order valence-electron chi connectivity index (χ1n) is 8.53. The van der Waals surface area contributed by atoms with Crippen molar-refractivity contribution in [1.29, 1.82) is 0 Å². The number of aliphatic hydroxyl groups is 1. The fourth-order valence-electron chi connectivity index (χ4n) is 2.27. The Morgan fingerprint density at radius 3 is 2.00 bits per heavy atom. The van der Waals surface area contributed by atoms with Crippen LogP contribution in [0.2, 0.25) is 0 Å². The molecule has 150 valence electrons. The summed E-state index contributed by atoms with van der Waals surface area (Å²) in [6, 6.07) is -1.73. The molecule has 0 fully saturated rings. The van der Waals surface area contributed by atoms with Gasteiger partial charge in [0.15, 0.2) is 0 Å². The van der Waals surface area contributed by atoms with Crippen LogP contribution in [0.5, 0.6) is 0 Å². The number of ether oxygens (including phenoxy) is 1. The number of alkyl carbamates (subject to hydrolysis) is 1. The molecule has 0 aliphatic heterocycles. The molecule has 0 aliphatic rings. The number of carbonyl (C=O) groups is 3. The Bertz CT molecular complexity index is 548. The summed E-state index contributed by atoms with van der Waals surface area (Å²) in [6.07, 6.45) is -0.490. The Labute approximate surface area is 155 Å². The Kier molecular flexibility index (Phi) is 8.80. The smallest absolute Gasteiger partial charge is 0.408 e. The number of carboxylic acids is 1. The Morgan fingerprint density at radius 1 is 1.15 bits per heavy atom. The summed E-state index contributed by atoms with van der Waals surface area (Å²) < 4.78 is 5.13. The van der Waals surface area contributed by atoms with Crippen molar-refractivity contribution in [3.63, 3.8) is 0 Å². The third kappa shape index (κ3) is 7.86. The monoisotopic (exact) mass is 372 g/mol. The molecule has 8 heteroatoms. The highest BCUT2D eigenvalue weighted by molar-refractivity contribution is 5.88. The normalized spacial score (nSPS) is 15.8. The second kappa shape index (κ2) is 9.56. The van der Waals surface area contributed by atoms with Gasteiger partial charge in [-0.3, -0.25) is 4.79 Å². The van der Waals surface area contributed by atoms with E-state index in [4.69, 9.17) is 9.84 Å². The lowest BCUT2D eigenvalue weighted by Crippen LogP contribution is -2.56. The van der Waals surface area contributed by atoms with Crippen LogP contribution < -0.4 is 5.32 Å². The molecule has 3 atom stereocenters. The van der Waals surface area contributed by atoms with Crippen LogP contribution in [0.1, 0.15) is 48.5 Å². The minimum absolute atomic E-state index is 0.0746. The van der Waals surface area contributed by atoms with Gasteiger partial charge >= 0.3 is 12.1 Å². The van der Waals surface area contributed by atoms with Crippen molar-refractivity contribution in [3.05, 3.63) is 11.6 Å². The number of hydrogen-bond acceptors (Lipinski definition) is 5. The number of carbonyl (C=O) groups excluding carboxylic acids is 2. The maximum absolute atomic E-state index is 12.8. The molecule has 0 heterocycles. The summed E-state index contributed by atoms with van der Waals surface area (Å²) in [5.41, 5.74) is -0.638. The topological polar surface area (TPSA) is 116 Å². The average molecular weight is 372 g/mol. The van der Waals surface area contributed by atoms with Crippen LogP contribution in [-0.4, -0.2) is 63.9 Å². The van der Waals surface area contributed by atoms with Gasteiger partial charge in [0, 0.05) is 12.6 Å². The number of nitrogens with one attached hydrogen (secondary N) is 1. The first kappa shape index (κ1) is 23.9. The van der Waals surface area contributed by atoms with E-state index in [1.54, 1.807) is 20.8 Å². The highest BCUT2D eigenvalue weighted by atomic mass is 16.6. The van der Waals surface area contributed by atoms with Gasteiger partial charge in [0.25, 0.3) is 0 Å². The van der Waals surface area contributed by atoms with Crippen molar-refractivity contribution in [2.75, 3.05) is 7.05 Å². The fraction of sp³-hybridized carbons (Fsp3) is 0.722. The average Bonchev–Trinajstić information content (AvgIpc) is 2.46. The van der Waals surface area contributed by atoms with Gasteiger partial charge in [0.05, 0.1) is 12.1 Å². The van der Waals surface area contributed by atoms with Crippen LogP contribution >= 0.6 is 0 Å². The molecule has 0 saturated heterocycles. The van der Waals surface area contributed by atoms with E-state index in [0.29, 0.717) is 0 Å². The van der Waals surface area contributed by atoms with Crippen LogP contribution in [0.25, 0.3) is 0 Å². The molecule has 0 radical (unpaired) electrons. The van der Waals surface area contributed by atoms with Crippen molar-refractivity contribution in [3.8, 4) is 0 Å². The number of amides is 2. The summed E-state index contributed by atoms with van der Waals surface area (Å²) in [6.45, 7) is 11.6. The molecule has 2 amide bonds. The van der Waals surface area contributed by atoms with Crippen LogP contribution in [0.4, 0.5) is 4.79 Å². The number of likely N-dealkylation sites (N-methyl/N-ethyl adjacent to an activating group) is 1. The Hall–Kier alpha value is -2.09. The maximum atomic E-state index is 12.8. The highest BCUT2D eigenvalue weighted by Gasteiger charge is 2.33. The Balaban J connectivity index is 5.46. The molecule has 26 heavy (non-hydrogen) atoms. The summed E-state index contributed by atoms with van der Waals surface area (Å²) in [7, 11) is 1.50. The zero-order chi connectivity index (χ0) is 20.8. The molecular formula is C18H32N2O6. The molecule has 0 unspecified atom stereocenters. The van der Waals surface area contributed by atoms with E-state index < -0.39 is 41.8 Å². The SMILES string of the molecule is C/C(=C\[C@H](C(C)C)N(C)C(=O)[C@@H](NC(=O)OC(C)(C)C)[C@H](C)O)C(=O)O. The van der Waals surface area contributed by atoms with Gasteiger partial charge in [-0.15, -0.1) is 0 Å². The fourth-order valence-corrected chi connectivity index (χ4v) is 2.27. The largest absolute Gasteiger partial charge is 0.478 e. The predicted octanol–water partition coefficient (Wildman–Crippen LogP) is 1.77. The summed E-state index contributed by atoms with van der Waals surface area (Å²) in [4.78, 5) is 37.2. The van der Waals surface area contributed by atoms with E-state index in [9.17, 15) is 19.5 Å². The third-order valence-electron chi connectivity index (χ3n) is 3.66. The van der Waals surface area contributed by atoms with Gasteiger partial charge in [0.2, 0.25) is 5.91 Å².